The summed E-state index contributed by atoms with van der Waals surface area (Å²) in [5.41, 5.74) is 5.38. The van der Waals surface area contributed by atoms with Crippen LogP contribution in [-0.2, 0) is 0 Å². The number of nitrogens with one attached hydrogen (secondary N) is 1. The molecule has 0 aromatic carbocycles. The Morgan fingerprint density at radius 3 is 2.93 bits per heavy atom. The van der Waals surface area contributed by atoms with E-state index in [-0.39, 0.29) is 0 Å². The summed E-state index contributed by atoms with van der Waals surface area (Å²) in [6.07, 6.45) is 6.34. The average Bonchev–Trinajstić information content (AvgIpc) is 2.20. The molecule has 1 rings (SSSR count). The van der Waals surface area contributed by atoms with E-state index in [1.54, 1.807) is 6.20 Å². The molecular formula is C9H15ClN4. The maximum absolute atomic E-state index is 5.86. The molecule has 1 aromatic heterocycles. The van der Waals surface area contributed by atoms with Crippen LogP contribution in [0.25, 0.3) is 0 Å². The molecule has 0 saturated carbocycles. The minimum absolute atomic E-state index is 0.561. The summed E-state index contributed by atoms with van der Waals surface area (Å²) in [5.74, 6) is 0.703. The molecule has 5 heteroatoms. The van der Waals surface area contributed by atoms with E-state index in [1.165, 1.54) is 6.33 Å². The smallest absolute Gasteiger partial charge is 0.148 e. The maximum Gasteiger partial charge on any atom is 0.148 e. The Morgan fingerprint density at radius 1 is 1.36 bits per heavy atom. The standard InChI is InChI=1S/C9H15ClN4/c10-8-6-12-7-14-9(8)13-5-3-1-2-4-11/h6-7H,1-5,11H2,(H,12,13,14). The number of halogens is 1. The summed E-state index contributed by atoms with van der Waals surface area (Å²) in [7, 11) is 0. The van der Waals surface area contributed by atoms with Crippen molar-refractivity contribution in [1.82, 2.24) is 9.97 Å². The molecule has 0 aliphatic heterocycles. The highest BCUT2D eigenvalue weighted by atomic mass is 35.5. The van der Waals surface area contributed by atoms with E-state index in [0.29, 0.717) is 10.8 Å². The molecule has 14 heavy (non-hydrogen) atoms. The van der Waals surface area contributed by atoms with Crippen LogP contribution in [0.1, 0.15) is 19.3 Å². The lowest BCUT2D eigenvalue weighted by Gasteiger charge is -2.05. The lowest BCUT2D eigenvalue weighted by Crippen LogP contribution is -2.05. The van der Waals surface area contributed by atoms with Crippen LogP contribution in [-0.4, -0.2) is 23.1 Å². The molecule has 0 aliphatic carbocycles. The average molecular weight is 215 g/mol. The third kappa shape index (κ3) is 3.89. The minimum atomic E-state index is 0.561. The Hall–Kier alpha value is -0.870. The summed E-state index contributed by atoms with van der Waals surface area (Å²) in [4.78, 5) is 7.82. The van der Waals surface area contributed by atoms with Crippen molar-refractivity contribution >= 4 is 17.4 Å². The van der Waals surface area contributed by atoms with Gasteiger partial charge in [-0.25, -0.2) is 9.97 Å². The van der Waals surface area contributed by atoms with Crippen LogP contribution in [0.5, 0.6) is 0 Å². The van der Waals surface area contributed by atoms with Crippen LogP contribution in [0.15, 0.2) is 12.5 Å². The molecule has 0 spiro atoms. The highest BCUT2D eigenvalue weighted by molar-refractivity contribution is 6.32. The van der Waals surface area contributed by atoms with Gasteiger partial charge in [0.1, 0.15) is 17.2 Å². The van der Waals surface area contributed by atoms with Crippen LogP contribution in [0.3, 0.4) is 0 Å². The highest BCUT2D eigenvalue weighted by Gasteiger charge is 1.98. The van der Waals surface area contributed by atoms with E-state index in [4.69, 9.17) is 17.3 Å². The van der Waals surface area contributed by atoms with Gasteiger partial charge in [0.15, 0.2) is 0 Å². The molecule has 4 nitrogen and oxygen atoms in total. The monoisotopic (exact) mass is 214 g/mol. The van der Waals surface area contributed by atoms with Gasteiger partial charge in [-0.3, -0.25) is 0 Å². The van der Waals surface area contributed by atoms with Crippen LogP contribution in [0.4, 0.5) is 5.82 Å². The lowest BCUT2D eigenvalue weighted by molar-refractivity contribution is 0.706. The Morgan fingerprint density at radius 2 is 2.21 bits per heavy atom. The molecule has 0 radical (unpaired) electrons. The molecule has 0 fully saturated rings. The lowest BCUT2D eigenvalue weighted by atomic mass is 10.2. The quantitative estimate of drug-likeness (QED) is 0.708. The van der Waals surface area contributed by atoms with E-state index < -0.39 is 0 Å². The van der Waals surface area contributed by atoms with Crippen molar-refractivity contribution in [2.75, 3.05) is 18.4 Å². The van der Waals surface area contributed by atoms with E-state index in [0.717, 1.165) is 32.4 Å². The third-order valence-corrected chi connectivity index (χ3v) is 2.12. The molecule has 0 saturated heterocycles. The van der Waals surface area contributed by atoms with Gasteiger partial charge in [0, 0.05) is 6.54 Å². The molecular weight excluding hydrogens is 200 g/mol. The normalized spacial score (nSPS) is 10.1. The third-order valence-electron chi connectivity index (χ3n) is 1.84. The first kappa shape index (κ1) is 11.2. The van der Waals surface area contributed by atoms with Gasteiger partial charge >= 0.3 is 0 Å². The Labute approximate surface area is 88.9 Å². The van der Waals surface area contributed by atoms with Crippen molar-refractivity contribution in [2.45, 2.75) is 19.3 Å². The number of unbranched alkanes of at least 4 members (excludes halogenated alkanes) is 2. The number of hydrogen-bond acceptors (Lipinski definition) is 4. The zero-order valence-corrected chi connectivity index (χ0v) is 8.80. The van der Waals surface area contributed by atoms with Gasteiger partial charge in [0.05, 0.1) is 6.20 Å². The molecule has 78 valence electrons. The fraction of sp³-hybridized carbons (Fsp3) is 0.556. The Balaban J connectivity index is 2.21. The molecule has 0 atom stereocenters. The summed E-state index contributed by atoms with van der Waals surface area (Å²) in [6.45, 7) is 1.63. The Bertz CT molecular complexity index is 267. The van der Waals surface area contributed by atoms with Gasteiger partial charge in [0.2, 0.25) is 0 Å². The predicted molar refractivity (Wildman–Crippen MR) is 58.4 cm³/mol. The fourth-order valence-electron chi connectivity index (χ4n) is 1.10. The van der Waals surface area contributed by atoms with E-state index in [1.807, 2.05) is 0 Å². The summed E-state index contributed by atoms with van der Waals surface area (Å²) >= 11 is 5.86. The largest absolute Gasteiger partial charge is 0.369 e. The van der Waals surface area contributed by atoms with Crippen molar-refractivity contribution in [3.8, 4) is 0 Å². The number of nitrogens with two attached hydrogens (primary N) is 1. The first-order chi connectivity index (χ1) is 6.84. The van der Waals surface area contributed by atoms with E-state index in [9.17, 15) is 0 Å². The molecule has 0 amide bonds. The molecule has 1 aromatic rings. The zero-order valence-electron chi connectivity index (χ0n) is 8.04. The summed E-state index contributed by atoms with van der Waals surface area (Å²) < 4.78 is 0. The zero-order chi connectivity index (χ0) is 10.2. The molecule has 0 unspecified atom stereocenters. The van der Waals surface area contributed by atoms with Crippen molar-refractivity contribution in [1.29, 1.82) is 0 Å². The maximum atomic E-state index is 5.86. The van der Waals surface area contributed by atoms with Gasteiger partial charge < -0.3 is 11.1 Å². The first-order valence-electron chi connectivity index (χ1n) is 4.74. The van der Waals surface area contributed by atoms with Crippen LogP contribution < -0.4 is 11.1 Å². The van der Waals surface area contributed by atoms with Crippen LogP contribution in [0, 0.1) is 0 Å². The number of rotatable bonds is 6. The van der Waals surface area contributed by atoms with Crippen LogP contribution in [0.2, 0.25) is 5.02 Å². The summed E-state index contributed by atoms with van der Waals surface area (Å²) in [5, 5.41) is 3.71. The predicted octanol–water partition coefficient (Wildman–Crippen LogP) is 1.67. The molecule has 1 heterocycles. The topological polar surface area (TPSA) is 63.8 Å². The van der Waals surface area contributed by atoms with Gasteiger partial charge in [-0.05, 0) is 19.4 Å². The van der Waals surface area contributed by atoms with E-state index in [2.05, 4.69) is 15.3 Å². The van der Waals surface area contributed by atoms with Gasteiger partial charge in [-0.15, -0.1) is 0 Å². The molecule has 0 bridgehead atoms. The van der Waals surface area contributed by atoms with Gasteiger partial charge in [0.25, 0.3) is 0 Å². The number of anilines is 1. The van der Waals surface area contributed by atoms with Crippen molar-refractivity contribution in [2.24, 2.45) is 5.73 Å². The SMILES string of the molecule is NCCCCCNc1ncncc1Cl. The number of aromatic nitrogens is 2. The second kappa shape index (κ2) is 6.56. The highest BCUT2D eigenvalue weighted by Crippen LogP contribution is 2.15. The fourth-order valence-corrected chi connectivity index (χ4v) is 1.27. The first-order valence-corrected chi connectivity index (χ1v) is 5.12. The van der Waals surface area contributed by atoms with E-state index >= 15 is 0 Å². The Kier molecular flexibility index (Phi) is 5.25. The second-order valence-electron chi connectivity index (χ2n) is 3.00. The second-order valence-corrected chi connectivity index (χ2v) is 3.40. The number of nitrogens with zero attached hydrogens (tertiary/aromatic N) is 2. The van der Waals surface area contributed by atoms with Gasteiger partial charge in [-0.1, -0.05) is 18.0 Å². The molecule has 0 aliphatic rings. The summed E-state index contributed by atoms with van der Waals surface area (Å²) in [6, 6.07) is 0. The van der Waals surface area contributed by atoms with Gasteiger partial charge in [-0.2, -0.15) is 0 Å². The van der Waals surface area contributed by atoms with Crippen molar-refractivity contribution in [3.63, 3.8) is 0 Å². The number of hydrogen-bond donors (Lipinski definition) is 2. The molecule has 3 N–H and O–H groups in total. The van der Waals surface area contributed by atoms with Crippen LogP contribution >= 0.6 is 11.6 Å². The minimum Gasteiger partial charge on any atom is -0.369 e. The van der Waals surface area contributed by atoms with Crippen molar-refractivity contribution < 1.29 is 0 Å². The van der Waals surface area contributed by atoms with Crippen molar-refractivity contribution in [3.05, 3.63) is 17.5 Å².